The van der Waals surface area contributed by atoms with Crippen LogP contribution in [0.15, 0.2) is 39.9 Å². The average Bonchev–Trinajstić information content (AvgIpc) is 3.12. The number of benzene rings is 1. The lowest BCUT2D eigenvalue weighted by Gasteiger charge is -2.33. The van der Waals surface area contributed by atoms with Crippen LogP contribution in [0.25, 0.3) is 11.2 Å². The van der Waals surface area contributed by atoms with E-state index in [-0.39, 0.29) is 11.2 Å². The summed E-state index contributed by atoms with van der Waals surface area (Å²) >= 11 is 0. The van der Waals surface area contributed by atoms with E-state index in [2.05, 4.69) is 59.1 Å². The number of hydrogen-bond acceptors (Lipinski definition) is 5. The molecule has 0 amide bonds. The molecular weight excluding hydrogens is 416 g/mol. The van der Waals surface area contributed by atoms with E-state index in [0.29, 0.717) is 30.2 Å². The predicted octanol–water partition coefficient (Wildman–Crippen LogP) is 2.57. The van der Waals surface area contributed by atoms with E-state index >= 15 is 0 Å². The highest BCUT2D eigenvalue weighted by molar-refractivity contribution is 5.70. The third-order valence-electron chi connectivity index (χ3n) is 6.78. The van der Waals surface area contributed by atoms with Crippen LogP contribution in [0.4, 0.5) is 0 Å². The highest BCUT2D eigenvalue weighted by Gasteiger charge is 2.23. The molecule has 4 rings (SSSR count). The van der Waals surface area contributed by atoms with E-state index < -0.39 is 0 Å². The van der Waals surface area contributed by atoms with Crippen LogP contribution in [0.1, 0.15) is 44.0 Å². The number of likely N-dealkylation sites (tertiary alicyclic amines) is 1. The molecule has 0 radical (unpaired) electrons. The number of nitrogens with one attached hydrogen (secondary N) is 1. The highest BCUT2D eigenvalue weighted by Crippen LogP contribution is 2.21. The molecule has 0 spiro atoms. The van der Waals surface area contributed by atoms with Crippen LogP contribution < -0.4 is 11.2 Å². The van der Waals surface area contributed by atoms with Gasteiger partial charge in [0.25, 0.3) is 5.56 Å². The first kappa shape index (κ1) is 23.4. The molecule has 8 heteroatoms. The van der Waals surface area contributed by atoms with Gasteiger partial charge in [0.15, 0.2) is 11.2 Å². The second-order valence-electron chi connectivity index (χ2n) is 9.43. The Balaban J connectivity index is 1.38. The third-order valence-corrected chi connectivity index (χ3v) is 6.78. The molecule has 33 heavy (non-hydrogen) atoms. The molecular formula is C25H36N6O2. The second kappa shape index (κ2) is 10.5. The SMILES string of the molecule is CCCCn1c(=O)[nH]c(=O)c2c1nc(CN1CCC(CN(C)Cc3ccccc3)CC1)n2C. The topological polar surface area (TPSA) is 79.2 Å². The van der Waals surface area contributed by atoms with Gasteiger partial charge in [-0.25, -0.2) is 9.78 Å². The van der Waals surface area contributed by atoms with E-state index in [1.54, 1.807) is 4.57 Å². The zero-order valence-corrected chi connectivity index (χ0v) is 20.1. The maximum Gasteiger partial charge on any atom is 0.330 e. The molecule has 178 valence electrons. The summed E-state index contributed by atoms with van der Waals surface area (Å²) in [6.45, 7) is 7.47. The molecule has 1 N–H and O–H groups in total. The maximum absolute atomic E-state index is 12.5. The van der Waals surface area contributed by atoms with Crippen LogP contribution in [0.5, 0.6) is 0 Å². The lowest BCUT2D eigenvalue weighted by Crippen LogP contribution is -2.37. The van der Waals surface area contributed by atoms with E-state index in [4.69, 9.17) is 4.98 Å². The van der Waals surface area contributed by atoms with Crippen LogP contribution in [0.2, 0.25) is 0 Å². The minimum atomic E-state index is -0.369. The largest absolute Gasteiger partial charge is 0.330 e. The van der Waals surface area contributed by atoms with E-state index in [0.717, 1.165) is 57.7 Å². The van der Waals surface area contributed by atoms with Crippen molar-refractivity contribution >= 4 is 11.2 Å². The van der Waals surface area contributed by atoms with Gasteiger partial charge in [-0.15, -0.1) is 0 Å². The molecule has 1 fully saturated rings. The Hall–Kier alpha value is -2.71. The van der Waals surface area contributed by atoms with Gasteiger partial charge in [0.2, 0.25) is 0 Å². The minimum absolute atomic E-state index is 0.357. The lowest BCUT2D eigenvalue weighted by molar-refractivity contribution is 0.144. The number of aromatic nitrogens is 4. The maximum atomic E-state index is 12.5. The Kier molecular flexibility index (Phi) is 7.45. The molecule has 3 heterocycles. The average molecular weight is 453 g/mol. The van der Waals surface area contributed by atoms with Crippen molar-refractivity contribution in [3.8, 4) is 0 Å². The van der Waals surface area contributed by atoms with Gasteiger partial charge in [-0.1, -0.05) is 43.7 Å². The van der Waals surface area contributed by atoms with Crippen molar-refractivity contribution < 1.29 is 0 Å². The Labute approximate surface area is 194 Å². The monoisotopic (exact) mass is 452 g/mol. The number of unbranched alkanes of at least 4 members (excludes halogenated alkanes) is 1. The molecule has 2 aromatic heterocycles. The van der Waals surface area contributed by atoms with Crippen molar-refractivity contribution in [2.24, 2.45) is 13.0 Å². The molecule has 3 aromatic rings. The molecule has 1 aliphatic rings. The summed E-state index contributed by atoms with van der Waals surface area (Å²) in [5, 5.41) is 0. The Morgan fingerprint density at radius 1 is 1.15 bits per heavy atom. The molecule has 1 saturated heterocycles. The zero-order chi connectivity index (χ0) is 23.4. The second-order valence-corrected chi connectivity index (χ2v) is 9.43. The number of fused-ring (bicyclic) bond motifs is 1. The van der Waals surface area contributed by atoms with Crippen molar-refractivity contribution in [3.05, 3.63) is 62.6 Å². The molecule has 0 bridgehead atoms. The lowest BCUT2D eigenvalue weighted by atomic mass is 9.96. The van der Waals surface area contributed by atoms with Crippen molar-refractivity contribution in [2.75, 3.05) is 26.7 Å². The minimum Gasteiger partial charge on any atom is -0.324 e. The fraction of sp³-hybridized carbons (Fsp3) is 0.560. The Morgan fingerprint density at radius 3 is 2.58 bits per heavy atom. The normalized spacial score (nSPS) is 15.6. The number of H-pyrrole nitrogens is 1. The van der Waals surface area contributed by atoms with Gasteiger partial charge in [-0.05, 0) is 50.9 Å². The molecule has 0 saturated carbocycles. The first-order chi connectivity index (χ1) is 16.0. The summed E-state index contributed by atoms with van der Waals surface area (Å²) in [7, 11) is 4.08. The van der Waals surface area contributed by atoms with Gasteiger partial charge < -0.3 is 9.47 Å². The Morgan fingerprint density at radius 2 is 1.88 bits per heavy atom. The first-order valence-electron chi connectivity index (χ1n) is 12.1. The van der Waals surface area contributed by atoms with Gasteiger partial charge in [0, 0.05) is 26.7 Å². The summed E-state index contributed by atoms with van der Waals surface area (Å²) in [5.74, 6) is 1.53. The van der Waals surface area contributed by atoms with E-state index in [1.807, 2.05) is 11.6 Å². The quantitative estimate of drug-likeness (QED) is 0.540. The van der Waals surface area contributed by atoms with Gasteiger partial charge in [0.1, 0.15) is 5.82 Å². The van der Waals surface area contributed by atoms with Crippen LogP contribution in [-0.2, 0) is 26.7 Å². The number of hydrogen-bond donors (Lipinski definition) is 1. The molecule has 8 nitrogen and oxygen atoms in total. The van der Waals surface area contributed by atoms with Gasteiger partial charge in [-0.2, -0.15) is 0 Å². The fourth-order valence-corrected chi connectivity index (χ4v) is 4.88. The number of aromatic amines is 1. The predicted molar refractivity (Wildman–Crippen MR) is 131 cm³/mol. The standard InChI is InChI=1S/C25H36N6O2/c1-4-5-13-31-23-22(24(32)27-25(31)33)29(3)21(26-23)18-30-14-11-20(12-15-30)17-28(2)16-19-9-7-6-8-10-19/h6-10,20H,4-5,11-18H2,1-3H3,(H,27,32,33). The van der Waals surface area contributed by atoms with Crippen molar-refractivity contribution in [2.45, 2.75) is 52.2 Å². The molecule has 1 aromatic carbocycles. The molecule has 0 atom stereocenters. The zero-order valence-electron chi connectivity index (χ0n) is 20.1. The summed E-state index contributed by atoms with van der Waals surface area (Å²) in [4.78, 5) is 36.9. The number of rotatable bonds is 9. The molecule has 0 unspecified atom stereocenters. The van der Waals surface area contributed by atoms with Crippen molar-refractivity contribution in [3.63, 3.8) is 0 Å². The van der Waals surface area contributed by atoms with E-state index in [1.165, 1.54) is 5.56 Å². The van der Waals surface area contributed by atoms with Gasteiger partial charge >= 0.3 is 5.69 Å². The third kappa shape index (κ3) is 5.45. The fourth-order valence-electron chi connectivity index (χ4n) is 4.88. The van der Waals surface area contributed by atoms with Crippen LogP contribution in [-0.4, -0.2) is 55.6 Å². The summed E-state index contributed by atoms with van der Waals surface area (Å²) in [5.41, 5.74) is 1.62. The van der Waals surface area contributed by atoms with Crippen LogP contribution in [0, 0.1) is 5.92 Å². The van der Waals surface area contributed by atoms with Crippen LogP contribution in [0.3, 0.4) is 0 Å². The summed E-state index contributed by atoms with van der Waals surface area (Å²) < 4.78 is 3.47. The van der Waals surface area contributed by atoms with E-state index in [9.17, 15) is 9.59 Å². The highest BCUT2D eigenvalue weighted by atomic mass is 16.2. The van der Waals surface area contributed by atoms with Crippen LogP contribution >= 0.6 is 0 Å². The summed E-state index contributed by atoms with van der Waals surface area (Å²) in [6, 6.07) is 10.6. The van der Waals surface area contributed by atoms with Gasteiger partial charge in [-0.3, -0.25) is 19.2 Å². The number of aryl methyl sites for hydroxylation is 2. The number of imidazole rings is 1. The van der Waals surface area contributed by atoms with Crippen molar-refractivity contribution in [1.29, 1.82) is 0 Å². The Bertz CT molecular complexity index is 1170. The van der Waals surface area contributed by atoms with Gasteiger partial charge in [0.05, 0.1) is 6.54 Å². The molecule has 1 aliphatic heterocycles. The first-order valence-corrected chi connectivity index (χ1v) is 12.1. The number of nitrogens with zero attached hydrogens (tertiary/aromatic N) is 5. The molecule has 0 aliphatic carbocycles. The smallest absolute Gasteiger partial charge is 0.324 e. The number of piperidine rings is 1. The van der Waals surface area contributed by atoms with Crippen molar-refractivity contribution in [1.82, 2.24) is 28.9 Å². The summed E-state index contributed by atoms with van der Waals surface area (Å²) in [6.07, 6.45) is 4.16.